The Balaban J connectivity index is 2.68. The fraction of sp³-hybridized carbons (Fsp3) is 0. The highest BCUT2D eigenvalue weighted by atomic mass is 19.1. The monoisotopic (exact) mass is 249 g/mol. The first-order valence-electron chi connectivity index (χ1n) is 4.94. The summed E-state index contributed by atoms with van der Waals surface area (Å²) in [5, 5.41) is 18.1. The molecule has 0 unspecified atom stereocenters. The average molecular weight is 249 g/mol. The summed E-state index contributed by atoms with van der Waals surface area (Å²) in [5.41, 5.74) is -0.983. The number of hydrogen-bond acceptors (Lipinski definition) is 3. The van der Waals surface area contributed by atoms with E-state index in [1.54, 1.807) is 0 Å². The lowest BCUT2D eigenvalue weighted by atomic mass is 10.1. The van der Waals surface area contributed by atoms with Gasteiger partial charge >= 0.3 is 5.97 Å². The van der Waals surface area contributed by atoms with Gasteiger partial charge in [-0.1, -0.05) is 12.1 Å². The lowest BCUT2D eigenvalue weighted by Gasteiger charge is -2.05. The number of carbonyl (C=O) groups is 1. The van der Waals surface area contributed by atoms with Crippen LogP contribution in [0.1, 0.15) is 10.4 Å². The predicted octanol–water partition coefficient (Wildman–Crippen LogP) is 1.59. The van der Waals surface area contributed by atoms with Crippen molar-refractivity contribution >= 4 is 5.97 Å². The zero-order valence-electron chi connectivity index (χ0n) is 9.00. The van der Waals surface area contributed by atoms with Gasteiger partial charge in [0.2, 0.25) is 5.43 Å². The molecule has 1 aromatic carbocycles. The Labute approximate surface area is 100 Å². The van der Waals surface area contributed by atoms with E-state index in [-0.39, 0.29) is 5.56 Å². The molecule has 0 amide bonds. The Bertz CT molecular complexity index is 661. The van der Waals surface area contributed by atoms with E-state index in [1.165, 1.54) is 12.1 Å². The molecule has 18 heavy (non-hydrogen) atoms. The van der Waals surface area contributed by atoms with Crippen molar-refractivity contribution in [3.05, 3.63) is 58.3 Å². The number of nitrogens with zero attached hydrogens (tertiary/aromatic N) is 1. The van der Waals surface area contributed by atoms with Gasteiger partial charge in [0.25, 0.3) is 0 Å². The van der Waals surface area contributed by atoms with E-state index in [4.69, 9.17) is 5.11 Å². The molecule has 0 aliphatic heterocycles. The van der Waals surface area contributed by atoms with Gasteiger partial charge in [-0.25, -0.2) is 13.9 Å². The van der Waals surface area contributed by atoms with Crippen LogP contribution in [0.5, 0.6) is 0 Å². The van der Waals surface area contributed by atoms with Crippen molar-refractivity contribution in [2.45, 2.75) is 0 Å². The molecule has 2 rings (SSSR count). The topological polar surface area (TPSA) is 79.5 Å². The summed E-state index contributed by atoms with van der Waals surface area (Å²) in [4.78, 5) is 22.7. The van der Waals surface area contributed by atoms with Gasteiger partial charge in [0.1, 0.15) is 11.4 Å². The molecule has 92 valence electrons. The van der Waals surface area contributed by atoms with Crippen LogP contribution in [0.15, 0.2) is 41.5 Å². The molecule has 0 aliphatic rings. The number of hydrogen-bond donors (Lipinski definition) is 2. The predicted molar refractivity (Wildman–Crippen MR) is 60.2 cm³/mol. The van der Waals surface area contributed by atoms with Crippen molar-refractivity contribution in [3.8, 4) is 11.1 Å². The third kappa shape index (κ3) is 2.08. The fourth-order valence-electron chi connectivity index (χ4n) is 1.55. The zero-order chi connectivity index (χ0) is 13.3. The average Bonchev–Trinajstić information content (AvgIpc) is 2.32. The summed E-state index contributed by atoms with van der Waals surface area (Å²) >= 11 is 0. The first kappa shape index (κ1) is 11.8. The maximum atomic E-state index is 12.8. The third-order valence-corrected chi connectivity index (χ3v) is 2.40. The first-order valence-corrected chi connectivity index (χ1v) is 4.94. The Morgan fingerprint density at radius 3 is 2.33 bits per heavy atom. The van der Waals surface area contributed by atoms with Crippen molar-refractivity contribution in [3.63, 3.8) is 0 Å². The van der Waals surface area contributed by atoms with Crippen molar-refractivity contribution in [2.24, 2.45) is 0 Å². The molecule has 0 aliphatic carbocycles. The molecule has 2 N–H and O–H groups in total. The highest BCUT2D eigenvalue weighted by molar-refractivity contribution is 5.88. The summed E-state index contributed by atoms with van der Waals surface area (Å²) in [6.45, 7) is 0. The van der Waals surface area contributed by atoms with Crippen LogP contribution in [0.25, 0.3) is 11.1 Å². The van der Waals surface area contributed by atoms with Gasteiger partial charge in [-0.05, 0) is 17.7 Å². The standard InChI is InChI=1S/C12H8FNO4/c13-8-3-1-7(2-4-8)9-5-14(18)6-10(11(9)15)12(16)17/h1-6,18H,(H,16,17). The molecule has 1 heterocycles. The Morgan fingerprint density at radius 1 is 1.17 bits per heavy atom. The minimum atomic E-state index is -1.44. The minimum absolute atomic E-state index is 0.0163. The number of rotatable bonds is 2. The van der Waals surface area contributed by atoms with Gasteiger partial charge in [0.05, 0.1) is 12.4 Å². The number of aromatic carboxylic acids is 1. The van der Waals surface area contributed by atoms with E-state index in [1.807, 2.05) is 0 Å². The molecule has 5 nitrogen and oxygen atoms in total. The van der Waals surface area contributed by atoms with Crippen LogP contribution in [-0.2, 0) is 0 Å². The first-order chi connectivity index (χ1) is 8.49. The Morgan fingerprint density at radius 2 is 1.78 bits per heavy atom. The molecule has 0 radical (unpaired) electrons. The second-order valence-electron chi connectivity index (χ2n) is 3.61. The zero-order valence-corrected chi connectivity index (χ0v) is 9.00. The summed E-state index contributed by atoms with van der Waals surface area (Å²) in [6, 6.07) is 4.95. The van der Waals surface area contributed by atoms with Gasteiger partial charge in [0.15, 0.2) is 0 Å². The van der Waals surface area contributed by atoms with E-state index in [2.05, 4.69) is 0 Å². The van der Waals surface area contributed by atoms with Gasteiger partial charge < -0.3 is 10.3 Å². The molecule has 0 saturated heterocycles. The van der Waals surface area contributed by atoms with Crippen molar-refractivity contribution in [1.82, 2.24) is 4.73 Å². The van der Waals surface area contributed by atoms with Crippen molar-refractivity contribution in [1.29, 1.82) is 0 Å². The Kier molecular flexibility index (Phi) is 2.85. The van der Waals surface area contributed by atoms with Gasteiger partial charge in [-0.2, -0.15) is 0 Å². The maximum absolute atomic E-state index is 12.8. The van der Waals surface area contributed by atoms with Gasteiger partial charge in [0, 0.05) is 5.56 Å². The molecule has 0 spiro atoms. The number of benzene rings is 1. The second kappa shape index (κ2) is 4.33. The number of halogens is 1. The van der Waals surface area contributed by atoms with E-state index in [0.29, 0.717) is 10.3 Å². The number of aromatic nitrogens is 1. The van der Waals surface area contributed by atoms with Gasteiger partial charge in [-0.15, -0.1) is 0 Å². The number of pyridine rings is 1. The molecule has 0 bridgehead atoms. The van der Waals surface area contributed by atoms with Crippen LogP contribution >= 0.6 is 0 Å². The van der Waals surface area contributed by atoms with E-state index in [9.17, 15) is 19.2 Å². The highest BCUT2D eigenvalue weighted by Crippen LogP contribution is 2.16. The molecule has 1 aromatic heterocycles. The van der Waals surface area contributed by atoms with Crippen molar-refractivity contribution < 1.29 is 19.5 Å². The van der Waals surface area contributed by atoms with Crippen LogP contribution in [-0.4, -0.2) is 21.0 Å². The molecule has 0 fully saturated rings. The van der Waals surface area contributed by atoms with Crippen LogP contribution in [0.2, 0.25) is 0 Å². The lowest BCUT2D eigenvalue weighted by Crippen LogP contribution is -2.19. The van der Waals surface area contributed by atoms with Crippen LogP contribution in [0.3, 0.4) is 0 Å². The molecular formula is C12H8FNO4. The van der Waals surface area contributed by atoms with Crippen LogP contribution in [0, 0.1) is 5.82 Å². The number of carboxylic acid groups (broad SMARTS) is 1. The quantitative estimate of drug-likeness (QED) is 0.792. The smallest absolute Gasteiger partial charge is 0.341 e. The molecule has 2 aromatic rings. The lowest BCUT2D eigenvalue weighted by molar-refractivity contribution is 0.0690. The fourth-order valence-corrected chi connectivity index (χ4v) is 1.55. The van der Waals surface area contributed by atoms with E-state index >= 15 is 0 Å². The largest absolute Gasteiger partial charge is 0.477 e. The summed E-state index contributed by atoms with van der Waals surface area (Å²) in [5.74, 6) is -1.91. The maximum Gasteiger partial charge on any atom is 0.341 e. The SMILES string of the molecule is O=C(O)c1cn(O)cc(-c2ccc(F)cc2)c1=O. The van der Waals surface area contributed by atoms with Crippen LogP contribution in [0.4, 0.5) is 4.39 Å². The minimum Gasteiger partial charge on any atom is -0.477 e. The van der Waals surface area contributed by atoms with E-state index in [0.717, 1.165) is 24.5 Å². The second-order valence-corrected chi connectivity index (χ2v) is 3.61. The number of carboxylic acids is 1. The molecule has 0 atom stereocenters. The molecule has 0 saturated carbocycles. The summed E-state index contributed by atoms with van der Waals surface area (Å²) in [7, 11) is 0. The van der Waals surface area contributed by atoms with E-state index < -0.39 is 22.8 Å². The third-order valence-electron chi connectivity index (χ3n) is 2.40. The highest BCUT2D eigenvalue weighted by Gasteiger charge is 2.14. The summed E-state index contributed by atoms with van der Waals surface area (Å²) in [6.07, 6.45) is 1.87. The Hall–Kier alpha value is -2.63. The van der Waals surface area contributed by atoms with Gasteiger partial charge in [-0.3, -0.25) is 4.79 Å². The van der Waals surface area contributed by atoms with Crippen LogP contribution < -0.4 is 5.43 Å². The molecular weight excluding hydrogens is 241 g/mol. The molecule has 6 heteroatoms. The summed E-state index contributed by atoms with van der Waals surface area (Å²) < 4.78 is 13.3. The van der Waals surface area contributed by atoms with Crippen molar-refractivity contribution in [2.75, 3.05) is 0 Å². The normalized spacial score (nSPS) is 10.3.